The van der Waals surface area contributed by atoms with Gasteiger partial charge in [0.05, 0.1) is 10.6 Å². The number of anilines is 2. The number of aryl methyl sites for hydroxylation is 3. The number of rotatable bonds is 5. The average molecular weight is 409 g/mol. The van der Waals surface area contributed by atoms with Crippen LogP contribution in [-0.4, -0.2) is 21.4 Å². The van der Waals surface area contributed by atoms with Crippen molar-refractivity contribution in [2.24, 2.45) is 0 Å². The van der Waals surface area contributed by atoms with E-state index in [1.165, 1.54) is 11.4 Å². The molecule has 0 radical (unpaired) electrons. The SMILES string of the molecule is Cc1ccc(S(=O)(=O)N(C)c2ccc(C(=O)Nc3c(C)cccc3C)cc2)cc1. The van der Waals surface area contributed by atoms with Crippen LogP contribution in [0.4, 0.5) is 11.4 Å². The second-order valence-electron chi connectivity index (χ2n) is 7.05. The van der Waals surface area contributed by atoms with Crippen molar-refractivity contribution in [3.05, 3.63) is 89.0 Å². The highest BCUT2D eigenvalue weighted by Gasteiger charge is 2.21. The summed E-state index contributed by atoms with van der Waals surface area (Å²) in [4.78, 5) is 12.8. The van der Waals surface area contributed by atoms with Gasteiger partial charge in [-0.05, 0) is 68.3 Å². The van der Waals surface area contributed by atoms with E-state index >= 15 is 0 Å². The molecule has 3 aromatic rings. The molecule has 3 aromatic carbocycles. The molecule has 0 spiro atoms. The van der Waals surface area contributed by atoms with Crippen LogP contribution in [0.15, 0.2) is 71.6 Å². The number of amides is 1. The minimum Gasteiger partial charge on any atom is -0.322 e. The van der Waals surface area contributed by atoms with Gasteiger partial charge in [0.1, 0.15) is 0 Å². The smallest absolute Gasteiger partial charge is 0.264 e. The Hall–Kier alpha value is -3.12. The van der Waals surface area contributed by atoms with Crippen LogP contribution in [0.25, 0.3) is 0 Å². The van der Waals surface area contributed by atoms with Gasteiger partial charge in [0.25, 0.3) is 15.9 Å². The molecule has 0 aliphatic rings. The number of hydrogen-bond acceptors (Lipinski definition) is 3. The average Bonchev–Trinajstić information content (AvgIpc) is 2.70. The van der Waals surface area contributed by atoms with Crippen molar-refractivity contribution in [2.45, 2.75) is 25.7 Å². The van der Waals surface area contributed by atoms with Crippen LogP contribution < -0.4 is 9.62 Å². The van der Waals surface area contributed by atoms with Crippen molar-refractivity contribution in [1.29, 1.82) is 0 Å². The largest absolute Gasteiger partial charge is 0.322 e. The van der Waals surface area contributed by atoms with E-state index in [9.17, 15) is 13.2 Å². The van der Waals surface area contributed by atoms with Gasteiger partial charge in [-0.15, -0.1) is 0 Å². The number of sulfonamides is 1. The van der Waals surface area contributed by atoms with E-state index in [1.807, 2.05) is 39.0 Å². The molecule has 5 nitrogen and oxygen atoms in total. The fourth-order valence-corrected chi connectivity index (χ4v) is 4.22. The van der Waals surface area contributed by atoms with Gasteiger partial charge in [0.15, 0.2) is 0 Å². The number of nitrogens with zero attached hydrogens (tertiary/aromatic N) is 1. The molecule has 6 heteroatoms. The second kappa shape index (κ2) is 8.09. The van der Waals surface area contributed by atoms with Crippen LogP contribution in [0.1, 0.15) is 27.0 Å². The molecule has 0 fully saturated rings. The van der Waals surface area contributed by atoms with Crippen LogP contribution >= 0.6 is 0 Å². The highest BCUT2D eigenvalue weighted by Crippen LogP contribution is 2.24. The van der Waals surface area contributed by atoms with Crippen molar-refractivity contribution in [2.75, 3.05) is 16.7 Å². The van der Waals surface area contributed by atoms with Crippen molar-refractivity contribution in [3.63, 3.8) is 0 Å². The maximum absolute atomic E-state index is 12.8. The summed E-state index contributed by atoms with van der Waals surface area (Å²) in [5, 5.41) is 2.93. The quantitative estimate of drug-likeness (QED) is 0.666. The van der Waals surface area contributed by atoms with Gasteiger partial charge in [-0.1, -0.05) is 35.9 Å². The van der Waals surface area contributed by atoms with Gasteiger partial charge < -0.3 is 5.32 Å². The first kappa shape index (κ1) is 20.6. The van der Waals surface area contributed by atoms with Crippen LogP contribution in [-0.2, 0) is 10.0 Å². The molecule has 3 rings (SSSR count). The third-order valence-electron chi connectivity index (χ3n) is 4.89. The Balaban J connectivity index is 1.80. The van der Waals surface area contributed by atoms with Crippen molar-refractivity contribution in [1.82, 2.24) is 0 Å². The number of hydrogen-bond donors (Lipinski definition) is 1. The topological polar surface area (TPSA) is 66.5 Å². The van der Waals surface area contributed by atoms with Crippen LogP contribution in [0.5, 0.6) is 0 Å². The molecule has 0 aromatic heterocycles. The van der Waals surface area contributed by atoms with E-state index in [1.54, 1.807) is 48.5 Å². The van der Waals surface area contributed by atoms with Crippen molar-refractivity contribution < 1.29 is 13.2 Å². The number of para-hydroxylation sites is 1. The van der Waals surface area contributed by atoms with Gasteiger partial charge in [-0.3, -0.25) is 9.10 Å². The zero-order valence-electron chi connectivity index (χ0n) is 16.9. The molecule has 0 saturated carbocycles. The summed E-state index contributed by atoms with van der Waals surface area (Å²) in [6, 6.07) is 19.0. The number of carbonyl (C=O) groups is 1. The van der Waals surface area contributed by atoms with E-state index in [2.05, 4.69) is 5.32 Å². The first-order chi connectivity index (χ1) is 13.7. The van der Waals surface area contributed by atoms with Gasteiger partial charge in [-0.2, -0.15) is 0 Å². The lowest BCUT2D eigenvalue weighted by atomic mass is 10.1. The van der Waals surface area contributed by atoms with E-state index in [0.717, 1.165) is 22.4 Å². The third kappa shape index (κ3) is 4.32. The molecule has 1 amide bonds. The highest BCUT2D eigenvalue weighted by molar-refractivity contribution is 7.92. The molecule has 0 unspecified atom stereocenters. The minimum atomic E-state index is -3.67. The first-order valence-corrected chi connectivity index (χ1v) is 10.7. The Kier molecular flexibility index (Phi) is 5.75. The lowest BCUT2D eigenvalue weighted by Gasteiger charge is -2.20. The fraction of sp³-hybridized carbons (Fsp3) is 0.174. The summed E-state index contributed by atoms with van der Waals surface area (Å²) in [5.74, 6) is -0.238. The summed E-state index contributed by atoms with van der Waals surface area (Å²) >= 11 is 0. The molecule has 1 N–H and O–H groups in total. The summed E-state index contributed by atoms with van der Waals surface area (Å²) in [6.07, 6.45) is 0. The Labute approximate surface area is 172 Å². The Morgan fingerprint density at radius 2 is 1.38 bits per heavy atom. The molecular weight excluding hydrogens is 384 g/mol. The highest BCUT2D eigenvalue weighted by atomic mass is 32.2. The minimum absolute atomic E-state index is 0.224. The molecule has 0 aliphatic carbocycles. The van der Waals surface area contributed by atoms with Gasteiger partial charge in [-0.25, -0.2) is 8.42 Å². The third-order valence-corrected chi connectivity index (χ3v) is 6.69. The van der Waals surface area contributed by atoms with Crippen molar-refractivity contribution in [3.8, 4) is 0 Å². The number of carbonyl (C=O) groups excluding carboxylic acids is 1. The van der Waals surface area contributed by atoms with Crippen LogP contribution in [0.3, 0.4) is 0 Å². The van der Waals surface area contributed by atoms with E-state index in [0.29, 0.717) is 11.3 Å². The molecule has 0 atom stereocenters. The molecule has 0 saturated heterocycles. The van der Waals surface area contributed by atoms with Crippen LogP contribution in [0, 0.1) is 20.8 Å². The predicted octanol–water partition coefficient (Wildman–Crippen LogP) is 4.69. The number of nitrogens with one attached hydrogen (secondary N) is 1. The maximum Gasteiger partial charge on any atom is 0.264 e. The zero-order chi connectivity index (χ0) is 21.2. The summed E-state index contributed by atoms with van der Waals surface area (Å²) < 4.78 is 26.9. The molecule has 0 heterocycles. The molecule has 0 bridgehead atoms. The standard InChI is InChI=1S/C23H24N2O3S/c1-16-8-14-21(15-9-16)29(27,28)25(4)20-12-10-19(11-13-20)23(26)24-22-17(2)6-5-7-18(22)3/h5-15H,1-4H3,(H,24,26). The summed E-state index contributed by atoms with van der Waals surface area (Å²) in [5.41, 5.74) is 4.69. The molecule has 0 aliphatic heterocycles. The van der Waals surface area contributed by atoms with E-state index in [-0.39, 0.29) is 10.8 Å². The Bertz CT molecular complexity index is 1120. The summed E-state index contributed by atoms with van der Waals surface area (Å²) in [7, 11) is -2.17. The van der Waals surface area contributed by atoms with E-state index in [4.69, 9.17) is 0 Å². The van der Waals surface area contributed by atoms with Crippen molar-refractivity contribution >= 4 is 27.3 Å². The summed E-state index contributed by atoms with van der Waals surface area (Å²) in [6.45, 7) is 5.79. The van der Waals surface area contributed by atoms with Crippen LogP contribution in [0.2, 0.25) is 0 Å². The number of benzene rings is 3. The lowest BCUT2D eigenvalue weighted by molar-refractivity contribution is 0.102. The van der Waals surface area contributed by atoms with Gasteiger partial charge >= 0.3 is 0 Å². The predicted molar refractivity (Wildman–Crippen MR) is 117 cm³/mol. The second-order valence-corrected chi connectivity index (χ2v) is 9.02. The molecule has 29 heavy (non-hydrogen) atoms. The monoisotopic (exact) mass is 408 g/mol. The fourth-order valence-electron chi connectivity index (χ4n) is 3.03. The molecular formula is C23H24N2O3S. The van der Waals surface area contributed by atoms with Gasteiger partial charge in [0, 0.05) is 18.3 Å². The Morgan fingerprint density at radius 1 is 0.828 bits per heavy atom. The first-order valence-electron chi connectivity index (χ1n) is 9.23. The Morgan fingerprint density at radius 3 is 1.93 bits per heavy atom. The maximum atomic E-state index is 12.8. The normalized spacial score (nSPS) is 11.2. The zero-order valence-corrected chi connectivity index (χ0v) is 17.7. The van der Waals surface area contributed by atoms with Gasteiger partial charge in [0.2, 0.25) is 0 Å². The molecule has 150 valence electrons. The lowest BCUT2D eigenvalue weighted by Crippen LogP contribution is -2.26. The van der Waals surface area contributed by atoms with E-state index < -0.39 is 10.0 Å².